The van der Waals surface area contributed by atoms with E-state index >= 15 is 0 Å². The summed E-state index contributed by atoms with van der Waals surface area (Å²) in [6.45, 7) is 0. The van der Waals surface area contributed by atoms with Crippen molar-refractivity contribution in [3.8, 4) is 0 Å². The minimum absolute atomic E-state index is 0.199. The van der Waals surface area contributed by atoms with E-state index in [0.717, 1.165) is 0 Å². The molecule has 0 saturated carbocycles. The Balaban J connectivity index is 2.70. The quantitative estimate of drug-likeness (QED) is 0.710. The number of benzene rings is 1. The van der Waals surface area contributed by atoms with E-state index in [-0.39, 0.29) is 6.42 Å². The summed E-state index contributed by atoms with van der Waals surface area (Å²) in [4.78, 5) is 20.9. The van der Waals surface area contributed by atoms with Crippen molar-refractivity contribution in [2.45, 2.75) is 6.42 Å². The summed E-state index contributed by atoms with van der Waals surface area (Å²) in [5.74, 6) is -2.78. The van der Waals surface area contributed by atoms with Crippen LogP contribution in [0.15, 0.2) is 24.3 Å². The summed E-state index contributed by atoms with van der Waals surface area (Å²) in [6, 6.07) is 5.14. The van der Waals surface area contributed by atoms with Crippen LogP contribution in [0.3, 0.4) is 0 Å². The summed E-state index contributed by atoms with van der Waals surface area (Å²) in [6.07, 6.45) is -0.199. The number of Topliss-reactive ketones (excluding diaryl/α,β-unsaturated/α-hetero) is 1. The van der Waals surface area contributed by atoms with Crippen LogP contribution in [0.4, 0.5) is 4.39 Å². The van der Waals surface area contributed by atoms with E-state index in [1.54, 1.807) is 0 Å². The van der Waals surface area contributed by atoms with Gasteiger partial charge in [0.25, 0.3) is 0 Å². The summed E-state index contributed by atoms with van der Waals surface area (Å²) in [5.41, 5.74) is 0.494. The Morgan fingerprint density at radius 3 is 2.23 bits per heavy atom. The lowest BCUT2D eigenvalue weighted by Gasteiger charge is -1.96. The van der Waals surface area contributed by atoms with Crippen LogP contribution in [-0.2, 0) is 16.0 Å². The van der Waals surface area contributed by atoms with E-state index in [9.17, 15) is 14.0 Å². The largest absolute Gasteiger partial charge is 0.475 e. The molecule has 4 heteroatoms. The summed E-state index contributed by atoms with van der Waals surface area (Å²) in [7, 11) is 0. The molecule has 0 amide bonds. The van der Waals surface area contributed by atoms with Gasteiger partial charge in [0.1, 0.15) is 5.82 Å². The van der Waals surface area contributed by atoms with Crippen LogP contribution in [0.25, 0.3) is 0 Å². The highest BCUT2D eigenvalue weighted by Crippen LogP contribution is 2.03. The van der Waals surface area contributed by atoms with E-state index in [2.05, 4.69) is 0 Å². The normalized spacial score (nSPS) is 9.62. The molecule has 0 aromatic heterocycles. The average molecular weight is 182 g/mol. The van der Waals surface area contributed by atoms with Gasteiger partial charge in [0.15, 0.2) is 0 Å². The minimum atomic E-state index is -1.47. The van der Waals surface area contributed by atoms with Crippen LogP contribution >= 0.6 is 0 Å². The topological polar surface area (TPSA) is 54.4 Å². The molecule has 1 aromatic carbocycles. The first-order valence-electron chi connectivity index (χ1n) is 3.60. The molecule has 0 aliphatic carbocycles. The lowest BCUT2D eigenvalue weighted by atomic mass is 10.1. The fourth-order valence-electron chi connectivity index (χ4n) is 0.863. The van der Waals surface area contributed by atoms with Crippen molar-refractivity contribution < 1.29 is 19.1 Å². The number of ketones is 1. The molecule has 3 nitrogen and oxygen atoms in total. The number of hydrogen-bond acceptors (Lipinski definition) is 2. The fraction of sp³-hybridized carbons (Fsp3) is 0.111. The predicted octanol–water partition coefficient (Wildman–Crippen LogP) is 1.02. The molecule has 0 aliphatic heterocycles. The second-order valence-corrected chi connectivity index (χ2v) is 2.53. The Labute approximate surface area is 73.8 Å². The summed E-state index contributed by atoms with van der Waals surface area (Å²) < 4.78 is 12.4. The first kappa shape index (κ1) is 9.38. The smallest absolute Gasteiger partial charge is 0.372 e. The molecule has 1 aromatic rings. The molecule has 0 aliphatic rings. The van der Waals surface area contributed by atoms with Gasteiger partial charge in [0.05, 0.1) is 0 Å². The Morgan fingerprint density at radius 1 is 1.23 bits per heavy atom. The molecule has 0 heterocycles. The number of rotatable bonds is 3. The number of aliphatic carboxylic acids is 1. The molecule has 68 valence electrons. The van der Waals surface area contributed by atoms with E-state index < -0.39 is 17.6 Å². The van der Waals surface area contributed by atoms with Crippen molar-refractivity contribution in [3.63, 3.8) is 0 Å². The van der Waals surface area contributed by atoms with Gasteiger partial charge in [-0.1, -0.05) is 12.1 Å². The van der Waals surface area contributed by atoms with Crippen molar-refractivity contribution in [3.05, 3.63) is 35.6 Å². The fourth-order valence-corrected chi connectivity index (χ4v) is 0.863. The lowest BCUT2D eigenvalue weighted by Crippen LogP contribution is -2.14. The second-order valence-electron chi connectivity index (χ2n) is 2.53. The number of halogens is 1. The number of carboxylic acid groups (broad SMARTS) is 1. The molecular formula is C9H7FO3. The van der Waals surface area contributed by atoms with Crippen molar-refractivity contribution in [1.82, 2.24) is 0 Å². The molecule has 0 unspecified atom stereocenters. The maximum absolute atomic E-state index is 12.4. The standard InChI is InChI=1S/C9H7FO3/c10-7-3-1-6(2-4-7)5-8(11)9(12)13/h1-4H,5H2,(H,12,13). The van der Waals surface area contributed by atoms with Crippen LogP contribution in [0.5, 0.6) is 0 Å². The molecule has 0 radical (unpaired) electrons. The highest BCUT2D eigenvalue weighted by atomic mass is 19.1. The number of carbonyl (C=O) groups is 2. The van der Waals surface area contributed by atoms with E-state index in [0.29, 0.717) is 5.56 Å². The zero-order valence-electron chi connectivity index (χ0n) is 6.66. The van der Waals surface area contributed by atoms with E-state index in [1.807, 2.05) is 0 Å². The number of carboxylic acids is 1. The van der Waals surface area contributed by atoms with E-state index in [1.165, 1.54) is 24.3 Å². The Hall–Kier alpha value is -1.71. The maximum atomic E-state index is 12.4. The highest BCUT2D eigenvalue weighted by molar-refractivity contribution is 6.33. The lowest BCUT2D eigenvalue weighted by molar-refractivity contribution is -0.148. The SMILES string of the molecule is O=C(O)C(=O)Cc1ccc(F)cc1. The second kappa shape index (κ2) is 3.80. The maximum Gasteiger partial charge on any atom is 0.372 e. The Bertz CT molecular complexity index is 329. The van der Waals surface area contributed by atoms with Crippen LogP contribution in [0.1, 0.15) is 5.56 Å². The van der Waals surface area contributed by atoms with Crippen LogP contribution in [0.2, 0.25) is 0 Å². The minimum Gasteiger partial charge on any atom is -0.475 e. The van der Waals surface area contributed by atoms with Gasteiger partial charge < -0.3 is 5.11 Å². The average Bonchev–Trinajstić information content (AvgIpc) is 2.08. The van der Waals surface area contributed by atoms with Gasteiger partial charge in [0, 0.05) is 6.42 Å². The monoisotopic (exact) mass is 182 g/mol. The first-order valence-corrected chi connectivity index (χ1v) is 3.60. The van der Waals surface area contributed by atoms with Gasteiger partial charge in [-0.05, 0) is 17.7 Å². The molecule has 0 spiro atoms. The summed E-state index contributed by atoms with van der Waals surface area (Å²) in [5, 5.41) is 8.27. The molecule has 13 heavy (non-hydrogen) atoms. The molecule has 1 N–H and O–H groups in total. The predicted molar refractivity (Wildman–Crippen MR) is 42.7 cm³/mol. The summed E-state index contributed by atoms with van der Waals surface area (Å²) >= 11 is 0. The number of hydrogen-bond donors (Lipinski definition) is 1. The molecule has 0 fully saturated rings. The van der Waals surface area contributed by atoms with Gasteiger partial charge in [-0.25, -0.2) is 9.18 Å². The molecular weight excluding hydrogens is 175 g/mol. The van der Waals surface area contributed by atoms with Gasteiger partial charge in [-0.2, -0.15) is 0 Å². The third-order valence-electron chi connectivity index (χ3n) is 1.52. The molecule has 0 saturated heterocycles. The van der Waals surface area contributed by atoms with Gasteiger partial charge >= 0.3 is 5.97 Å². The molecule has 0 atom stereocenters. The number of carbonyl (C=O) groups excluding carboxylic acids is 1. The first-order chi connectivity index (χ1) is 6.09. The van der Waals surface area contributed by atoms with Gasteiger partial charge in [-0.15, -0.1) is 0 Å². The van der Waals surface area contributed by atoms with Crippen LogP contribution in [0, 0.1) is 5.82 Å². The van der Waals surface area contributed by atoms with Crippen LogP contribution in [-0.4, -0.2) is 16.9 Å². The van der Waals surface area contributed by atoms with Gasteiger partial charge in [-0.3, -0.25) is 4.79 Å². The van der Waals surface area contributed by atoms with Crippen molar-refractivity contribution >= 4 is 11.8 Å². The van der Waals surface area contributed by atoms with Crippen LogP contribution < -0.4 is 0 Å². The third-order valence-corrected chi connectivity index (χ3v) is 1.52. The molecule has 0 bridgehead atoms. The zero-order chi connectivity index (χ0) is 9.84. The Kier molecular flexibility index (Phi) is 2.74. The molecule has 1 rings (SSSR count). The third kappa shape index (κ3) is 2.66. The zero-order valence-corrected chi connectivity index (χ0v) is 6.66. The van der Waals surface area contributed by atoms with Gasteiger partial charge in [0.2, 0.25) is 5.78 Å². The van der Waals surface area contributed by atoms with Crippen molar-refractivity contribution in [2.75, 3.05) is 0 Å². The van der Waals surface area contributed by atoms with Crippen molar-refractivity contribution in [2.24, 2.45) is 0 Å². The van der Waals surface area contributed by atoms with E-state index in [4.69, 9.17) is 5.11 Å². The highest BCUT2D eigenvalue weighted by Gasteiger charge is 2.11. The Morgan fingerprint density at radius 2 is 1.77 bits per heavy atom. The van der Waals surface area contributed by atoms with Crippen molar-refractivity contribution in [1.29, 1.82) is 0 Å².